The van der Waals surface area contributed by atoms with Gasteiger partial charge >= 0.3 is 12.1 Å². The van der Waals surface area contributed by atoms with Crippen LogP contribution in [0.1, 0.15) is 11.1 Å². The molecule has 2 N–H and O–H groups in total. The molecule has 0 aliphatic carbocycles. The van der Waals surface area contributed by atoms with Crippen molar-refractivity contribution in [3.8, 4) is 0 Å². The number of benzene rings is 1. The molecule has 0 aromatic heterocycles. The Morgan fingerprint density at radius 2 is 1.95 bits per heavy atom. The predicted molar refractivity (Wildman–Crippen MR) is 58.9 cm³/mol. The van der Waals surface area contributed by atoms with Crippen molar-refractivity contribution in [1.82, 2.24) is 5.48 Å². The Hall–Kier alpha value is -2.02. The number of alkyl halides is 3. The molecule has 0 bridgehead atoms. The third-order valence-corrected chi connectivity index (χ3v) is 2.60. The zero-order valence-electron chi connectivity index (χ0n) is 9.57. The van der Waals surface area contributed by atoms with Gasteiger partial charge in [0.05, 0.1) is 5.56 Å². The van der Waals surface area contributed by atoms with E-state index in [1.54, 1.807) is 0 Å². The molecule has 1 aromatic carbocycles. The van der Waals surface area contributed by atoms with E-state index >= 15 is 0 Å². The molecule has 19 heavy (non-hydrogen) atoms. The Bertz CT molecular complexity index is 508. The van der Waals surface area contributed by atoms with Gasteiger partial charge in [0.25, 0.3) is 0 Å². The molecule has 0 amide bonds. The molecule has 0 saturated carbocycles. The molecular weight excluding hydrogens is 263 g/mol. The highest BCUT2D eigenvalue weighted by Crippen LogP contribution is 2.29. The number of carboxylic acid groups (broad SMARTS) is 1. The van der Waals surface area contributed by atoms with E-state index in [9.17, 15) is 18.0 Å². The molecule has 1 heterocycles. The molecule has 1 unspecified atom stereocenters. The maximum atomic E-state index is 12.4. The summed E-state index contributed by atoms with van der Waals surface area (Å²) in [6.45, 7) is 0. The third kappa shape index (κ3) is 3.25. The van der Waals surface area contributed by atoms with Gasteiger partial charge in [-0.2, -0.15) is 13.2 Å². The van der Waals surface area contributed by atoms with Gasteiger partial charge in [-0.3, -0.25) is 4.79 Å². The number of hydrogen-bond acceptors (Lipinski definition) is 3. The standard InChI is InChI=1S/C12H10F3NO3/c13-12(14,15)8-3-1-7(2-4-8)5-9-6-10(11(17)18)16-19-9/h1-4,6,10,16H,5H2,(H,17,18). The van der Waals surface area contributed by atoms with Gasteiger partial charge in [-0.15, -0.1) is 5.48 Å². The van der Waals surface area contributed by atoms with Crippen LogP contribution in [0.15, 0.2) is 36.1 Å². The topological polar surface area (TPSA) is 58.6 Å². The van der Waals surface area contributed by atoms with Crippen LogP contribution in [0, 0.1) is 0 Å². The quantitative estimate of drug-likeness (QED) is 0.885. The van der Waals surface area contributed by atoms with Gasteiger partial charge in [0.2, 0.25) is 0 Å². The highest BCUT2D eigenvalue weighted by Gasteiger charge is 2.30. The average molecular weight is 273 g/mol. The van der Waals surface area contributed by atoms with Crippen LogP contribution in [0.2, 0.25) is 0 Å². The van der Waals surface area contributed by atoms with Crippen LogP contribution in [-0.2, 0) is 22.2 Å². The van der Waals surface area contributed by atoms with Gasteiger partial charge in [0.1, 0.15) is 5.76 Å². The fourth-order valence-corrected chi connectivity index (χ4v) is 1.62. The van der Waals surface area contributed by atoms with E-state index in [1.165, 1.54) is 18.2 Å². The fraction of sp³-hybridized carbons (Fsp3) is 0.250. The van der Waals surface area contributed by atoms with Crippen molar-refractivity contribution in [3.05, 3.63) is 47.2 Å². The second-order valence-electron chi connectivity index (χ2n) is 4.04. The minimum atomic E-state index is -4.36. The van der Waals surface area contributed by atoms with E-state index in [1.807, 2.05) is 0 Å². The van der Waals surface area contributed by atoms with Gasteiger partial charge in [0, 0.05) is 6.42 Å². The smallest absolute Gasteiger partial charge is 0.416 e. The minimum Gasteiger partial charge on any atom is -0.480 e. The Morgan fingerprint density at radius 3 is 2.42 bits per heavy atom. The molecule has 102 valence electrons. The van der Waals surface area contributed by atoms with Crippen LogP contribution in [0.5, 0.6) is 0 Å². The first-order valence-corrected chi connectivity index (χ1v) is 5.38. The summed E-state index contributed by atoms with van der Waals surface area (Å²) < 4.78 is 37.1. The number of rotatable bonds is 3. The van der Waals surface area contributed by atoms with Crippen LogP contribution < -0.4 is 5.48 Å². The molecular formula is C12H10F3NO3. The number of allylic oxidation sites excluding steroid dienone is 1. The predicted octanol–water partition coefficient (Wildman–Crippen LogP) is 2.12. The van der Waals surface area contributed by atoms with Crippen molar-refractivity contribution in [2.75, 3.05) is 0 Å². The van der Waals surface area contributed by atoms with Gasteiger partial charge in [-0.05, 0) is 23.8 Å². The van der Waals surface area contributed by atoms with Crippen molar-refractivity contribution in [3.63, 3.8) is 0 Å². The van der Waals surface area contributed by atoms with Gasteiger partial charge < -0.3 is 9.94 Å². The highest BCUT2D eigenvalue weighted by molar-refractivity contribution is 5.76. The molecule has 0 fully saturated rings. The number of carboxylic acids is 1. The van der Waals surface area contributed by atoms with Crippen LogP contribution in [0.3, 0.4) is 0 Å². The van der Waals surface area contributed by atoms with Crippen molar-refractivity contribution in [2.24, 2.45) is 0 Å². The number of halogens is 3. The van der Waals surface area contributed by atoms with Crippen LogP contribution in [-0.4, -0.2) is 17.1 Å². The molecule has 1 aliphatic rings. The zero-order chi connectivity index (χ0) is 14.0. The minimum absolute atomic E-state index is 0.231. The Balaban J connectivity index is 2.05. The Labute approximate surface area is 106 Å². The van der Waals surface area contributed by atoms with Crippen molar-refractivity contribution in [2.45, 2.75) is 18.6 Å². The number of nitrogens with one attached hydrogen (secondary N) is 1. The molecule has 1 aliphatic heterocycles. The summed E-state index contributed by atoms with van der Waals surface area (Å²) in [6, 6.07) is 3.70. The summed E-state index contributed by atoms with van der Waals surface area (Å²) in [5, 5.41) is 8.71. The molecule has 0 radical (unpaired) electrons. The molecule has 7 heteroatoms. The Kier molecular flexibility index (Phi) is 3.48. The molecule has 4 nitrogen and oxygen atoms in total. The van der Waals surface area contributed by atoms with Crippen LogP contribution in [0.4, 0.5) is 13.2 Å². The molecule has 0 saturated heterocycles. The highest BCUT2D eigenvalue weighted by atomic mass is 19.4. The van der Waals surface area contributed by atoms with Crippen LogP contribution in [0.25, 0.3) is 0 Å². The first kappa shape index (κ1) is 13.4. The third-order valence-electron chi connectivity index (χ3n) is 2.60. The normalized spacial score (nSPS) is 18.9. The Morgan fingerprint density at radius 1 is 1.32 bits per heavy atom. The lowest BCUT2D eigenvalue weighted by molar-refractivity contribution is -0.140. The number of hydroxylamine groups is 1. The van der Waals surface area contributed by atoms with E-state index in [2.05, 4.69) is 5.48 Å². The summed E-state index contributed by atoms with van der Waals surface area (Å²) in [5.41, 5.74) is 2.17. The maximum absolute atomic E-state index is 12.4. The van der Waals surface area contributed by atoms with E-state index in [4.69, 9.17) is 9.94 Å². The first-order valence-electron chi connectivity index (χ1n) is 5.38. The van der Waals surface area contributed by atoms with Crippen LogP contribution >= 0.6 is 0 Å². The summed E-state index contributed by atoms with van der Waals surface area (Å²) in [7, 11) is 0. The summed E-state index contributed by atoms with van der Waals surface area (Å²) in [4.78, 5) is 15.6. The lowest BCUT2D eigenvalue weighted by Crippen LogP contribution is -2.29. The largest absolute Gasteiger partial charge is 0.480 e. The molecule has 0 spiro atoms. The van der Waals surface area contributed by atoms with E-state index in [-0.39, 0.29) is 6.42 Å². The SMILES string of the molecule is O=C(O)C1C=C(Cc2ccc(C(F)(F)F)cc2)ON1. The lowest BCUT2D eigenvalue weighted by Gasteiger charge is -2.07. The van der Waals surface area contributed by atoms with Crippen molar-refractivity contribution in [1.29, 1.82) is 0 Å². The zero-order valence-corrected chi connectivity index (χ0v) is 9.57. The molecule has 2 rings (SSSR count). The number of hydrogen-bond donors (Lipinski definition) is 2. The lowest BCUT2D eigenvalue weighted by atomic mass is 10.1. The number of aliphatic carboxylic acids is 1. The summed E-state index contributed by atoms with van der Waals surface area (Å²) in [5.74, 6) is -0.713. The second-order valence-corrected chi connectivity index (χ2v) is 4.04. The average Bonchev–Trinajstić information content (AvgIpc) is 2.77. The van der Waals surface area contributed by atoms with E-state index in [0.717, 1.165) is 12.1 Å². The van der Waals surface area contributed by atoms with E-state index in [0.29, 0.717) is 11.3 Å². The van der Waals surface area contributed by atoms with Gasteiger partial charge in [0.15, 0.2) is 6.04 Å². The van der Waals surface area contributed by atoms with Crippen molar-refractivity contribution < 1.29 is 27.9 Å². The summed E-state index contributed by atoms with van der Waals surface area (Å²) in [6.07, 6.45) is -2.76. The monoisotopic (exact) mass is 273 g/mol. The van der Waals surface area contributed by atoms with E-state index < -0.39 is 23.8 Å². The van der Waals surface area contributed by atoms with Crippen molar-refractivity contribution >= 4 is 5.97 Å². The maximum Gasteiger partial charge on any atom is 0.416 e. The van der Waals surface area contributed by atoms with Gasteiger partial charge in [-0.1, -0.05) is 12.1 Å². The summed E-state index contributed by atoms with van der Waals surface area (Å²) >= 11 is 0. The first-order chi connectivity index (χ1) is 8.86. The second kappa shape index (κ2) is 4.93. The fourth-order valence-electron chi connectivity index (χ4n) is 1.62. The molecule has 1 atom stereocenters. The number of carbonyl (C=O) groups is 1. The van der Waals surface area contributed by atoms with Gasteiger partial charge in [-0.25, -0.2) is 0 Å². The molecule has 1 aromatic rings.